The van der Waals surface area contributed by atoms with E-state index < -0.39 is 0 Å². The van der Waals surface area contributed by atoms with Crippen molar-refractivity contribution in [2.45, 2.75) is 26.3 Å². The van der Waals surface area contributed by atoms with Crippen molar-refractivity contribution in [2.75, 3.05) is 13.7 Å². The minimum atomic E-state index is 0.212. The number of likely N-dealkylation sites (N-methyl/N-ethyl adjacent to an activating group) is 1. The molecular formula is C18H22ClNO. The molecule has 0 aliphatic heterocycles. The number of nitrogens with one attached hydrogen (secondary N) is 1. The summed E-state index contributed by atoms with van der Waals surface area (Å²) in [5.41, 5.74) is 3.61. The van der Waals surface area contributed by atoms with Gasteiger partial charge in [-0.3, -0.25) is 0 Å². The van der Waals surface area contributed by atoms with E-state index in [-0.39, 0.29) is 6.04 Å². The van der Waals surface area contributed by atoms with E-state index >= 15 is 0 Å². The molecule has 1 N–H and O–H groups in total. The molecule has 112 valence electrons. The first kappa shape index (κ1) is 15.9. The first-order valence-corrected chi connectivity index (χ1v) is 7.64. The normalized spacial score (nSPS) is 12.2. The number of halogens is 1. The van der Waals surface area contributed by atoms with E-state index in [2.05, 4.69) is 43.4 Å². The van der Waals surface area contributed by atoms with E-state index in [1.807, 2.05) is 18.2 Å². The highest BCUT2D eigenvalue weighted by Gasteiger charge is 2.16. The Morgan fingerprint density at radius 2 is 2.00 bits per heavy atom. The number of ether oxygens (including phenoxy) is 1. The lowest BCUT2D eigenvalue weighted by molar-refractivity contribution is 0.399. The molecule has 0 aliphatic rings. The van der Waals surface area contributed by atoms with E-state index in [1.54, 1.807) is 7.11 Å². The maximum Gasteiger partial charge on any atom is 0.123 e. The topological polar surface area (TPSA) is 21.3 Å². The van der Waals surface area contributed by atoms with Crippen LogP contribution in [0.3, 0.4) is 0 Å². The first-order valence-electron chi connectivity index (χ1n) is 7.26. The second-order valence-electron chi connectivity index (χ2n) is 5.19. The van der Waals surface area contributed by atoms with E-state index in [0.717, 1.165) is 23.7 Å². The average molecular weight is 304 g/mol. The van der Waals surface area contributed by atoms with Crippen LogP contribution in [0.4, 0.5) is 0 Å². The summed E-state index contributed by atoms with van der Waals surface area (Å²) in [4.78, 5) is 0. The minimum Gasteiger partial charge on any atom is -0.496 e. The highest BCUT2D eigenvalue weighted by atomic mass is 35.5. The summed E-state index contributed by atoms with van der Waals surface area (Å²) in [6, 6.07) is 14.6. The molecule has 0 saturated heterocycles. The average Bonchev–Trinajstić information content (AvgIpc) is 2.47. The fourth-order valence-electron chi connectivity index (χ4n) is 2.54. The predicted octanol–water partition coefficient (Wildman–Crippen LogP) is 4.55. The van der Waals surface area contributed by atoms with Crippen molar-refractivity contribution in [3.05, 3.63) is 64.2 Å². The molecule has 0 fully saturated rings. The Balaban J connectivity index is 2.30. The highest BCUT2D eigenvalue weighted by Crippen LogP contribution is 2.29. The van der Waals surface area contributed by atoms with Crippen molar-refractivity contribution < 1.29 is 4.74 Å². The Morgan fingerprint density at radius 1 is 1.19 bits per heavy atom. The second-order valence-corrected chi connectivity index (χ2v) is 5.63. The molecule has 1 unspecified atom stereocenters. The Kier molecular flexibility index (Phi) is 5.66. The number of rotatable bonds is 6. The summed E-state index contributed by atoms with van der Waals surface area (Å²) in [5.74, 6) is 0.933. The summed E-state index contributed by atoms with van der Waals surface area (Å²) in [7, 11) is 1.72. The second kappa shape index (κ2) is 7.48. The summed E-state index contributed by atoms with van der Waals surface area (Å²) >= 11 is 6.09. The molecule has 2 rings (SSSR count). The van der Waals surface area contributed by atoms with Crippen LogP contribution in [0.5, 0.6) is 5.75 Å². The predicted molar refractivity (Wildman–Crippen MR) is 89.3 cm³/mol. The SMILES string of the molecule is CCNC(Cc1cccc(Cl)c1)c1ccc(C)cc1OC. The molecule has 0 bridgehead atoms. The summed E-state index contributed by atoms with van der Waals surface area (Å²) in [5, 5.41) is 4.31. The standard InChI is InChI=1S/C18H22ClNO/c1-4-20-17(12-14-6-5-7-15(19)11-14)16-9-8-13(2)10-18(16)21-3/h5-11,17,20H,4,12H2,1-3H3. The Hall–Kier alpha value is -1.51. The number of hydrogen-bond donors (Lipinski definition) is 1. The fourth-order valence-corrected chi connectivity index (χ4v) is 2.76. The minimum absolute atomic E-state index is 0.212. The van der Waals surface area contributed by atoms with Gasteiger partial charge in [-0.1, -0.05) is 42.8 Å². The van der Waals surface area contributed by atoms with Gasteiger partial charge >= 0.3 is 0 Å². The zero-order valence-electron chi connectivity index (χ0n) is 12.8. The zero-order valence-corrected chi connectivity index (χ0v) is 13.6. The van der Waals surface area contributed by atoms with Crippen LogP contribution in [0.15, 0.2) is 42.5 Å². The Labute approximate surface area is 132 Å². The van der Waals surface area contributed by atoms with Crippen LogP contribution in [0, 0.1) is 6.92 Å². The van der Waals surface area contributed by atoms with Crippen LogP contribution in [0.1, 0.15) is 29.7 Å². The molecule has 0 radical (unpaired) electrons. The summed E-state index contributed by atoms with van der Waals surface area (Å²) < 4.78 is 5.55. The highest BCUT2D eigenvalue weighted by molar-refractivity contribution is 6.30. The maximum atomic E-state index is 6.09. The van der Waals surface area contributed by atoms with Crippen molar-refractivity contribution in [3.8, 4) is 5.75 Å². The van der Waals surface area contributed by atoms with Crippen molar-refractivity contribution in [3.63, 3.8) is 0 Å². The van der Waals surface area contributed by atoms with Crippen molar-refractivity contribution in [2.24, 2.45) is 0 Å². The third-order valence-corrected chi connectivity index (χ3v) is 3.78. The monoisotopic (exact) mass is 303 g/mol. The van der Waals surface area contributed by atoms with Gasteiger partial charge in [0, 0.05) is 16.6 Å². The summed E-state index contributed by atoms with van der Waals surface area (Å²) in [6.07, 6.45) is 0.883. The van der Waals surface area contributed by atoms with Crippen LogP contribution in [0.25, 0.3) is 0 Å². The zero-order chi connectivity index (χ0) is 15.2. The quantitative estimate of drug-likeness (QED) is 0.845. The van der Waals surface area contributed by atoms with Gasteiger partial charge in [-0.05, 0) is 49.2 Å². The third kappa shape index (κ3) is 4.23. The molecule has 21 heavy (non-hydrogen) atoms. The lowest BCUT2D eigenvalue weighted by Gasteiger charge is -2.21. The van der Waals surface area contributed by atoms with Gasteiger partial charge in [-0.15, -0.1) is 0 Å². The van der Waals surface area contributed by atoms with Gasteiger partial charge in [-0.25, -0.2) is 0 Å². The fraction of sp³-hybridized carbons (Fsp3) is 0.333. The molecule has 2 aromatic carbocycles. The van der Waals surface area contributed by atoms with E-state index in [1.165, 1.54) is 16.7 Å². The molecule has 0 amide bonds. The molecule has 1 atom stereocenters. The number of methoxy groups -OCH3 is 1. The molecule has 3 heteroatoms. The molecule has 0 spiro atoms. The Bertz CT molecular complexity index is 598. The molecule has 2 nitrogen and oxygen atoms in total. The lowest BCUT2D eigenvalue weighted by Crippen LogP contribution is -2.23. The Morgan fingerprint density at radius 3 is 2.67 bits per heavy atom. The van der Waals surface area contributed by atoms with E-state index in [9.17, 15) is 0 Å². The molecule has 0 aliphatic carbocycles. The van der Waals surface area contributed by atoms with Gasteiger partial charge in [0.05, 0.1) is 7.11 Å². The van der Waals surface area contributed by atoms with Gasteiger partial charge < -0.3 is 10.1 Å². The van der Waals surface area contributed by atoms with Gasteiger partial charge in [0.25, 0.3) is 0 Å². The van der Waals surface area contributed by atoms with Crippen LogP contribution >= 0.6 is 11.6 Å². The lowest BCUT2D eigenvalue weighted by atomic mass is 9.97. The first-order chi connectivity index (χ1) is 10.1. The van der Waals surface area contributed by atoms with Crippen LogP contribution in [-0.2, 0) is 6.42 Å². The van der Waals surface area contributed by atoms with Crippen molar-refractivity contribution >= 4 is 11.6 Å². The third-order valence-electron chi connectivity index (χ3n) is 3.54. The van der Waals surface area contributed by atoms with Crippen molar-refractivity contribution in [1.29, 1.82) is 0 Å². The van der Waals surface area contributed by atoms with Gasteiger partial charge in [0.2, 0.25) is 0 Å². The molecule has 0 aromatic heterocycles. The van der Waals surface area contributed by atoms with Crippen LogP contribution < -0.4 is 10.1 Å². The van der Waals surface area contributed by atoms with E-state index in [0.29, 0.717) is 0 Å². The number of aryl methyl sites for hydroxylation is 1. The smallest absolute Gasteiger partial charge is 0.123 e. The number of benzene rings is 2. The van der Waals surface area contributed by atoms with Crippen molar-refractivity contribution in [1.82, 2.24) is 5.32 Å². The maximum absolute atomic E-state index is 6.09. The van der Waals surface area contributed by atoms with E-state index in [4.69, 9.17) is 16.3 Å². The van der Waals surface area contributed by atoms with Gasteiger partial charge in [-0.2, -0.15) is 0 Å². The largest absolute Gasteiger partial charge is 0.496 e. The molecule has 0 heterocycles. The van der Waals surface area contributed by atoms with Crippen LogP contribution in [-0.4, -0.2) is 13.7 Å². The molecule has 0 saturated carbocycles. The molecule has 2 aromatic rings. The summed E-state index contributed by atoms with van der Waals surface area (Å²) in [6.45, 7) is 5.10. The van der Waals surface area contributed by atoms with Crippen LogP contribution in [0.2, 0.25) is 5.02 Å². The van der Waals surface area contributed by atoms with Gasteiger partial charge in [0.15, 0.2) is 0 Å². The molecular weight excluding hydrogens is 282 g/mol. The van der Waals surface area contributed by atoms with Gasteiger partial charge in [0.1, 0.15) is 5.75 Å². The number of hydrogen-bond acceptors (Lipinski definition) is 2.